The molecule has 0 N–H and O–H groups in total. The molecule has 4 aliphatic carbocycles. The van der Waals surface area contributed by atoms with Gasteiger partial charge in [0.15, 0.2) is 0 Å². The Morgan fingerprint density at radius 1 is 1.26 bits per heavy atom. The van der Waals surface area contributed by atoms with Gasteiger partial charge in [0.2, 0.25) is 0 Å². The van der Waals surface area contributed by atoms with Gasteiger partial charge in [-0.1, -0.05) is 6.58 Å². The van der Waals surface area contributed by atoms with Gasteiger partial charge in [0.05, 0.1) is 13.0 Å². The molecule has 8 nitrogen and oxygen atoms in total. The minimum atomic E-state index is -5.19. The smallest absolute Gasteiger partial charge is 0.469 e. The van der Waals surface area contributed by atoms with E-state index in [0.29, 0.717) is 0 Å². The maximum atomic E-state index is 13.4. The molecule has 0 aromatic heterocycles. The molecule has 1 unspecified atom stereocenters. The Morgan fingerprint density at radius 2 is 1.94 bits per heavy atom. The third-order valence-electron chi connectivity index (χ3n) is 9.06. The Labute approximate surface area is 198 Å². The van der Waals surface area contributed by atoms with Crippen LogP contribution in [0.3, 0.4) is 0 Å². The van der Waals surface area contributed by atoms with E-state index in [1.807, 2.05) is 0 Å². The molecule has 1 heterocycles. The van der Waals surface area contributed by atoms with Crippen LogP contribution in [0.1, 0.15) is 39.5 Å². The molecule has 4 bridgehead atoms. The van der Waals surface area contributed by atoms with Crippen LogP contribution in [0.15, 0.2) is 24.3 Å². The van der Waals surface area contributed by atoms with Crippen LogP contribution in [0, 0.1) is 28.6 Å². The van der Waals surface area contributed by atoms with E-state index in [1.54, 1.807) is 19.1 Å². The molecule has 4 fully saturated rings. The minimum Gasteiger partial charge on any atom is -0.469 e. The third kappa shape index (κ3) is 2.75. The van der Waals surface area contributed by atoms with Crippen molar-refractivity contribution in [2.75, 3.05) is 7.11 Å². The minimum absolute atomic E-state index is 0.0396. The molecule has 190 valence electrons. The van der Waals surface area contributed by atoms with Crippen molar-refractivity contribution in [1.29, 1.82) is 0 Å². The number of esters is 4. The summed E-state index contributed by atoms with van der Waals surface area (Å²) in [5, 5.41) is 0. The Hall–Kier alpha value is -2.85. The van der Waals surface area contributed by atoms with E-state index < -0.39 is 75.9 Å². The summed E-state index contributed by atoms with van der Waals surface area (Å²) < 4.78 is 60.9. The van der Waals surface area contributed by atoms with E-state index in [4.69, 9.17) is 18.9 Å². The van der Waals surface area contributed by atoms with Gasteiger partial charge in [-0.15, -0.1) is 0 Å². The Morgan fingerprint density at radius 3 is 2.54 bits per heavy atom. The summed E-state index contributed by atoms with van der Waals surface area (Å²) in [5.41, 5.74) is -5.01. The fourth-order valence-electron chi connectivity index (χ4n) is 7.94. The van der Waals surface area contributed by atoms with Crippen LogP contribution in [-0.2, 0) is 38.1 Å². The molecule has 35 heavy (non-hydrogen) atoms. The average Bonchev–Trinajstić information content (AvgIpc) is 3.19. The molecule has 5 aliphatic rings. The molecule has 0 radical (unpaired) electrons. The summed E-state index contributed by atoms with van der Waals surface area (Å²) in [6.45, 7) is 6.73. The molecule has 5 rings (SSSR count). The number of carbonyl (C=O) groups is 4. The van der Waals surface area contributed by atoms with E-state index in [1.165, 1.54) is 14.0 Å². The van der Waals surface area contributed by atoms with Gasteiger partial charge in [0.25, 0.3) is 0 Å². The molecular formula is C24H25F3O8. The Kier molecular flexibility index (Phi) is 4.69. The van der Waals surface area contributed by atoms with E-state index in [2.05, 4.69) is 6.58 Å². The fourth-order valence-corrected chi connectivity index (χ4v) is 7.94. The average molecular weight is 498 g/mol. The van der Waals surface area contributed by atoms with Crippen LogP contribution < -0.4 is 0 Å². The Balaban J connectivity index is 1.65. The number of hydrogen-bond donors (Lipinski definition) is 0. The summed E-state index contributed by atoms with van der Waals surface area (Å²) in [7, 11) is 1.19. The van der Waals surface area contributed by atoms with Gasteiger partial charge in [0, 0.05) is 18.8 Å². The molecule has 0 aromatic carbocycles. The Bertz CT molecular complexity index is 1100. The van der Waals surface area contributed by atoms with Gasteiger partial charge in [-0.05, 0) is 55.7 Å². The van der Waals surface area contributed by atoms with E-state index in [-0.39, 0.29) is 31.3 Å². The zero-order chi connectivity index (χ0) is 25.8. The highest BCUT2D eigenvalue weighted by molar-refractivity contribution is 5.87. The molecule has 1 spiro atoms. The monoisotopic (exact) mass is 498 g/mol. The van der Waals surface area contributed by atoms with Gasteiger partial charge in [-0.25, -0.2) is 4.79 Å². The zero-order valence-electron chi connectivity index (χ0n) is 19.4. The first-order valence-electron chi connectivity index (χ1n) is 11.3. The van der Waals surface area contributed by atoms with Crippen LogP contribution in [0.2, 0.25) is 0 Å². The van der Waals surface area contributed by atoms with Gasteiger partial charge in [-0.3, -0.25) is 14.4 Å². The summed E-state index contributed by atoms with van der Waals surface area (Å²) in [6, 6.07) is 0. The maximum Gasteiger partial charge on any atom is 0.490 e. The van der Waals surface area contributed by atoms with Crippen molar-refractivity contribution in [3.63, 3.8) is 0 Å². The number of halogens is 3. The molecular weight excluding hydrogens is 473 g/mol. The normalized spacial score (nSPS) is 44.9. The first-order chi connectivity index (χ1) is 16.2. The second-order valence-corrected chi connectivity index (χ2v) is 10.6. The molecule has 3 saturated carbocycles. The van der Waals surface area contributed by atoms with Crippen LogP contribution in [0.5, 0.6) is 0 Å². The number of hydrogen-bond acceptors (Lipinski definition) is 8. The van der Waals surface area contributed by atoms with E-state index >= 15 is 0 Å². The lowest BCUT2D eigenvalue weighted by Crippen LogP contribution is -2.52. The van der Waals surface area contributed by atoms with Gasteiger partial charge >= 0.3 is 30.1 Å². The number of carbonyl (C=O) groups excluding carboxylic acids is 4. The largest absolute Gasteiger partial charge is 0.490 e. The highest BCUT2D eigenvalue weighted by atomic mass is 19.4. The first kappa shape index (κ1) is 23.9. The second kappa shape index (κ2) is 6.88. The van der Waals surface area contributed by atoms with Crippen molar-refractivity contribution in [3.8, 4) is 0 Å². The lowest BCUT2D eigenvalue weighted by Gasteiger charge is -2.45. The van der Waals surface area contributed by atoms with Crippen LogP contribution in [0.25, 0.3) is 0 Å². The summed E-state index contributed by atoms with van der Waals surface area (Å²) in [5.74, 6) is -6.50. The molecule has 11 heteroatoms. The van der Waals surface area contributed by atoms with Crippen LogP contribution >= 0.6 is 0 Å². The van der Waals surface area contributed by atoms with Crippen molar-refractivity contribution < 1.29 is 51.3 Å². The SMILES string of the molecule is C=C1C[C@]23C[C@@]1(OC(=O)C(F)(F)F)CCC2[C@@]12C=C[C@H](OC(C)=O)[C@@](C)(C(=O)O1)[C@H]2[C@@H]3C(=O)OC. The zero-order valence-corrected chi connectivity index (χ0v) is 19.4. The lowest BCUT2D eigenvalue weighted by molar-refractivity contribution is -0.215. The first-order valence-corrected chi connectivity index (χ1v) is 11.3. The quantitative estimate of drug-likeness (QED) is 0.332. The van der Waals surface area contributed by atoms with Crippen LogP contribution in [-0.4, -0.2) is 54.5 Å². The standard InChI is InChI=1S/C24H25F3O8/c1-11-9-21-10-22(11,34-19(31)24(25,26)27)7-5-13(21)23-8-6-14(33-12(2)28)20(3,18(30)35-23)16(23)15(21)17(29)32-4/h6,8,13-16H,1,5,7,9-10H2,2-4H3/t13?,14-,15+,16+,20+,21-,22-,23+/m0/s1. The molecule has 0 amide bonds. The number of ether oxygens (including phenoxy) is 4. The lowest BCUT2D eigenvalue weighted by atomic mass is 9.61. The van der Waals surface area contributed by atoms with E-state index in [9.17, 15) is 32.3 Å². The third-order valence-corrected chi connectivity index (χ3v) is 9.06. The topological polar surface area (TPSA) is 105 Å². The van der Waals surface area contributed by atoms with Crippen molar-refractivity contribution in [1.82, 2.24) is 0 Å². The van der Waals surface area contributed by atoms with Gasteiger partial charge in [-0.2, -0.15) is 13.2 Å². The van der Waals surface area contributed by atoms with E-state index in [0.717, 1.165) is 0 Å². The molecule has 1 saturated heterocycles. The molecule has 8 atom stereocenters. The number of fused-ring (bicyclic) bond motifs is 1. The highest BCUT2D eigenvalue weighted by Crippen LogP contribution is 2.78. The maximum absolute atomic E-state index is 13.4. The summed E-state index contributed by atoms with van der Waals surface area (Å²) in [6.07, 6.45) is -2.67. The number of methoxy groups -OCH3 is 1. The van der Waals surface area contributed by atoms with Crippen molar-refractivity contribution in [2.45, 2.75) is 63.0 Å². The summed E-state index contributed by atoms with van der Waals surface area (Å²) in [4.78, 5) is 50.3. The fraction of sp³-hybridized carbons (Fsp3) is 0.667. The van der Waals surface area contributed by atoms with Gasteiger partial charge in [0.1, 0.15) is 22.7 Å². The number of rotatable bonds is 3. The van der Waals surface area contributed by atoms with Crippen molar-refractivity contribution >= 4 is 23.9 Å². The highest BCUT2D eigenvalue weighted by Gasteiger charge is 2.84. The molecule has 0 aromatic rings. The summed E-state index contributed by atoms with van der Waals surface area (Å²) >= 11 is 0. The predicted molar refractivity (Wildman–Crippen MR) is 109 cm³/mol. The number of alkyl halides is 3. The van der Waals surface area contributed by atoms with Crippen molar-refractivity contribution in [3.05, 3.63) is 24.3 Å². The van der Waals surface area contributed by atoms with Crippen LogP contribution in [0.4, 0.5) is 13.2 Å². The second-order valence-electron chi connectivity index (χ2n) is 10.6. The van der Waals surface area contributed by atoms with Crippen molar-refractivity contribution in [2.24, 2.45) is 28.6 Å². The van der Waals surface area contributed by atoms with Gasteiger partial charge < -0.3 is 18.9 Å². The predicted octanol–water partition coefficient (Wildman–Crippen LogP) is 2.80. The molecule has 1 aliphatic heterocycles.